The molecule has 0 saturated heterocycles. The van der Waals surface area contributed by atoms with Crippen molar-refractivity contribution in [2.75, 3.05) is 0 Å². The van der Waals surface area contributed by atoms with Crippen LogP contribution >= 0.6 is 7.82 Å². The zero-order valence-electron chi connectivity index (χ0n) is 3.51. The standard InChI is InChI=1S/CH3O6P.Ca.Sr.4H/c2-1(3)7-8(4,5)6;;;;;;/h(H,2,3)(H2,4,5,6);;;;;;. The fourth-order valence-corrected chi connectivity index (χ4v) is 0.305. The zero-order valence-corrected chi connectivity index (χ0v) is 4.41. The van der Waals surface area contributed by atoms with Gasteiger partial charge in [-0.3, -0.25) is 9.79 Å². The maximum absolute atomic E-state index is 9.53. The predicted molar refractivity (Wildman–Crippen MR) is 38.2 cm³/mol. The third-order valence-corrected chi connectivity index (χ3v) is 0.591. The zero-order chi connectivity index (χ0) is 6.78. The van der Waals surface area contributed by atoms with Gasteiger partial charge in [0.1, 0.15) is 0 Å². The van der Waals surface area contributed by atoms with E-state index in [2.05, 4.69) is 4.52 Å². The molecular weight excluding hydrogens is 267 g/mol. The molecule has 6 nitrogen and oxygen atoms in total. The average Bonchev–Trinajstić information content (AvgIpc) is 1.21. The summed E-state index contributed by atoms with van der Waals surface area (Å²) in [4.78, 5) is 24.7. The molecule has 0 spiro atoms. The Balaban J connectivity index is -0.000000245. The van der Waals surface area contributed by atoms with Crippen LogP contribution in [0.4, 0.5) is 4.79 Å². The molecule has 0 unspecified atom stereocenters. The van der Waals surface area contributed by atoms with Crippen molar-refractivity contribution in [3.63, 3.8) is 0 Å². The molecule has 9 heteroatoms. The van der Waals surface area contributed by atoms with Crippen LogP contribution in [0.1, 0.15) is 0 Å². The van der Waals surface area contributed by atoms with Crippen LogP contribution in [0, 0.1) is 0 Å². The van der Waals surface area contributed by atoms with Crippen molar-refractivity contribution in [3.8, 4) is 0 Å². The summed E-state index contributed by atoms with van der Waals surface area (Å²) in [6.45, 7) is 0. The molecule has 0 amide bonds. The van der Waals surface area contributed by atoms with Crippen LogP contribution in [0.2, 0.25) is 0 Å². The number of carboxylic acid groups (broad SMARTS) is 1. The van der Waals surface area contributed by atoms with E-state index >= 15 is 0 Å². The van der Waals surface area contributed by atoms with Crippen molar-refractivity contribution in [3.05, 3.63) is 0 Å². The first-order valence-electron chi connectivity index (χ1n) is 1.40. The van der Waals surface area contributed by atoms with Gasteiger partial charge in [-0.25, -0.2) is 9.36 Å². The van der Waals surface area contributed by atoms with E-state index in [1.807, 2.05) is 0 Å². The summed E-state index contributed by atoms with van der Waals surface area (Å²) in [7, 11) is -4.82. The van der Waals surface area contributed by atoms with E-state index in [0.29, 0.717) is 0 Å². The second-order valence-electron chi connectivity index (χ2n) is 0.848. The van der Waals surface area contributed by atoms with E-state index in [0.717, 1.165) is 0 Å². The second-order valence-corrected chi connectivity index (χ2v) is 2.01. The van der Waals surface area contributed by atoms with Gasteiger partial charge in [-0.15, -0.1) is 0 Å². The van der Waals surface area contributed by atoms with Crippen LogP contribution in [0.15, 0.2) is 0 Å². The Morgan fingerprint density at radius 2 is 1.70 bits per heavy atom. The van der Waals surface area contributed by atoms with Gasteiger partial charge in [-0.05, 0) is 0 Å². The molecule has 0 atom stereocenters. The van der Waals surface area contributed by atoms with Gasteiger partial charge in [0.25, 0.3) is 0 Å². The number of hydrogen-bond donors (Lipinski definition) is 3. The van der Waals surface area contributed by atoms with Gasteiger partial charge in [0.2, 0.25) is 0 Å². The molecule has 0 rings (SSSR count). The van der Waals surface area contributed by atoms with Crippen LogP contribution < -0.4 is 0 Å². The minimum absolute atomic E-state index is 0. The van der Waals surface area contributed by atoms with Gasteiger partial charge in [0.05, 0.1) is 0 Å². The Morgan fingerprint density at radius 3 is 1.70 bits per heavy atom. The van der Waals surface area contributed by atoms with Gasteiger partial charge in [-0.2, -0.15) is 0 Å². The van der Waals surface area contributed by atoms with E-state index in [1.165, 1.54) is 0 Å². The third kappa shape index (κ3) is 16.6. The van der Waals surface area contributed by atoms with Crippen molar-refractivity contribution in [1.29, 1.82) is 0 Å². The van der Waals surface area contributed by atoms with Gasteiger partial charge >= 0.3 is 97.2 Å². The van der Waals surface area contributed by atoms with Crippen molar-refractivity contribution in [1.82, 2.24) is 0 Å². The molecular formula is CH7CaO6PSr. The average molecular weight is 274 g/mol. The fourth-order valence-electron chi connectivity index (χ4n) is 0.102. The number of rotatable bonds is 1. The quantitative estimate of drug-likeness (QED) is 0.375. The second kappa shape index (κ2) is 7.79. The first-order chi connectivity index (χ1) is 3.42. The van der Waals surface area contributed by atoms with Gasteiger partial charge in [-0.1, -0.05) is 0 Å². The molecule has 0 aliphatic carbocycles. The summed E-state index contributed by atoms with van der Waals surface area (Å²) < 4.78 is 12.6. The molecule has 0 saturated carbocycles. The number of carbonyl (C=O) groups is 1. The van der Waals surface area contributed by atoms with Crippen LogP contribution in [0.5, 0.6) is 0 Å². The summed E-state index contributed by atoms with van der Waals surface area (Å²) >= 11 is 0. The van der Waals surface area contributed by atoms with Crippen LogP contribution in [0.25, 0.3) is 0 Å². The number of phosphoric ester groups is 1. The number of hydrogen-bond acceptors (Lipinski definition) is 3. The van der Waals surface area contributed by atoms with Crippen LogP contribution in [-0.2, 0) is 9.09 Å². The molecule has 0 aromatic heterocycles. The predicted octanol–water partition coefficient (Wildman–Crippen LogP) is -2.06. The fraction of sp³-hybridized carbons (Fsp3) is 0. The first-order valence-corrected chi connectivity index (χ1v) is 2.93. The molecule has 0 heterocycles. The Bertz CT molecular complexity index is 141. The SMILES string of the molecule is O=C(O)OP(=O)(O)O.[CaH2].[SrH2]. The maximum atomic E-state index is 9.53. The minimum atomic E-state index is -4.82. The molecule has 0 bridgehead atoms. The van der Waals surface area contributed by atoms with Crippen molar-refractivity contribution in [2.45, 2.75) is 0 Å². The van der Waals surface area contributed by atoms with Crippen molar-refractivity contribution < 1.29 is 28.8 Å². The molecule has 3 N–H and O–H groups in total. The van der Waals surface area contributed by atoms with Gasteiger partial charge in [0.15, 0.2) is 0 Å². The van der Waals surface area contributed by atoms with E-state index < -0.39 is 14.0 Å². The normalized spacial score (nSPS) is 8.60. The van der Waals surface area contributed by atoms with Gasteiger partial charge in [0, 0.05) is 0 Å². The number of phosphoric acid groups is 1. The third-order valence-electron chi connectivity index (χ3n) is 0.197. The van der Waals surface area contributed by atoms with Crippen molar-refractivity contribution in [2.24, 2.45) is 0 Å². The molecule has 0 aromatic carbocycles. The topological polar surface area (TPSA) is 104 Å². The molecule has 0 aliphatic heterocycles. The Kier molecular flexibility index (Phi) is 14.1. The molecule has 10 heavy (non-hydrogen) atoms. The van der Waals surface area contributed by atoms with E-state index in [1.54, 1.807) is 0 Å². The monoisotopic (exact) mass is 274 g/mol. The Morgan fingerprint density at radius 1 is 1.40 bits per heavy atom. The Hall–Kier alpha value is 2.16. The molecule has 0 aromatic rings. The van der Waals surface area contributed by atoms with E-state index in [4.69, 9.17) is 14.9 Å². The summed E-state index contributed by atoms with van der Waals surface area (Å²) in [6, 6.07) is 0. The van der Waals surface area contributed by atoms with E-state index in [9.17, 15) is 9.36 Å². The summed E-state index contributed by atoms with van der Waals surface area (Å²) in [6.07, 6.45) is -1.99. The molecule has 0 aliphatic rings. The molecule has 0 radical (unpaired) electrons. The summed E-state index contributed by atoms with van der Waals surface area (Å²) in [5, 5.41) is 7.53. The summed E-state index contributed by atoms with van der Waals surface area (Å²) in [5.74, 6) is 0. The summed E-state index contributed by atoms with van der Waals surface area (Å²) in [5.41, 5.74) is 0. The molecule has 56 valence electrons. The van der Waals surface area contributed by atoms with Crippen LogP contribution in [0.3, 0.4) is 0 Å². The van der Waals surface area contributed by atoms with Crippen LogP contribution in [-0.4, -0.2) is 104 Å². The molecule has 0 fully saturated rings. The van der Waals surface area contributed by atoms with Gasteiger partial charge < -0.3 is 9.63 Å². The Labute approximate surface area is 123 Å². The van der Waals surface area contributed by atoms with E-state index in [-0.39, 0.29) is 83.2 Å². The first kappa shape index (κ1) is 18.0. The van der Waals surface area contributed by atoms with Crippen molar-refractivity contribution >= 4 is 97.2 Å².